The molecule has 1 atom stereocenters. The van der Waals surface area contributed by atoms with Gasteiger partial charge in [-0.15, -0.1) is 0 Å². The lowest BCUT2D eigenvalue weighted by atomic mass is 9.96. The number of rotatable bonds is 3. The Kier molecular flexibility index (Phi) is 5.37. The summed E-state index contributed by atoms with van der Waals surface area (Å²) in [5, 5.41) is 0. The summed E-state index contributed by atoms with van der Waals surface area (Å²) in [4.78, 5) is 29.9. The lowest BCUT2D eigenvalue weighted by Crippen LogP contribution is -2.47. The molecule has 2 saturated heterocycles. The van der Waals surface area contributed by atoms with E-state index in [2.05, 4.69) is 11.9 Å². The molecule has 0 aromatic rings. The lowest BCUT2D eigenvalue weighted by Gasteiger charge is -2.34. The molecule has 0 saturated carbocycles. The van der Waals surface area contributed by atoms with Crippen LogP contribution in [0, 0.1) is 5.92 Å². The Hall–Kier alpha value is -1.14. The highest BCUT2D eigenvalue weighted by atomic mass is 16.2. The highest BCUT2D eigenvalue weighted by molar-refractivity contribution is 5.79. The number of carbonyl (C=O) groups excluding carboxylic acids is 2. The van der Waals surface area contributed by atoms with Crippen molar-refractivity contribution in [2.75, 3.05) is 52.9 Å². The minimum atomic E-state index is -0.311. The minimum Gasteiger partial charge on any atom is -0.369 e. The predicted octanol–water partition coefficient (Wildman–Crippen LogP) is -0.652. The number of primary amides is 1. The summed E-state index contributed by atoms with van der Waals surface area (Å²) < 4.78 is 0. The maximum atomic E-state index is 12.6. The van der Waals surface area contributed by atoms with Crippen LogP contribution in [0.2, 0.25) is 0 Å². The molecule has 2 amide bonds. The molecule has 114 valence electrons. The van der Waals surface area contributed by atoms with E-state index in [4.69, 9.17) is 5.73 Å². The second-order valence-electron chi connectivity index (χ2n) is 6.02. The standard InChI is InChI=1S/C14H26N4O2/c1-16-5-3-7-18(9-8-16)14(20)12-4-2-6-17(10-12)11-13(15)19/h12H,2-11H2,1H3,(H2,15,19)/t12-/m0/s1. The van der Waals surface area contributed by atoms with Crippen LogP contribution in [0.1, 0.15) is 19.3 Å². The highest BCUT2D eigenvalue weighted by Gasteiger charge is 2.30. The Morgan fingerprint density at radius 2 is 1.90 bits per heavy atom. The van der Waals surface area contributed by atoms with Crippen LogP contribution in [0.25, 0.3) is 0 Å². The van der Waals surface area contributed by atoms with Gasteiger partial charge in [0.1, 0.15) is 0 Å². The summed E-state index contributed by atoms with van der Waals surface area (Å²) in [7, 11) is 2.10. The maximum absolute atomic E-state index is 12.6. The first-order chi connectivity index (χ1) is 9.56. The van der Waals surface area contributed by atoms with E-state index in [0.29, 0.717) is 6.54 Å². The molecule has 2 rings (SSSR count). The Bertz CT molecular complexity index is 361. The summed E-state index contributed by atoms with van der Waals surface area (Å²) in [5.41, 5.74) is 5.24. The fourth-order valence-electron chi connectivity index (χ4n) is 3.15. The number of piperidine rings is 1. The first-order valence-corrected chi connectivity index (χ1v) is 7.54. The smallest absolute Gasteiger partial charge is 0.231 e. The van der Waals surface area contributed by atoms with E-state index in [-0.39, 0.29) is 24.3 Å². The fraction of sp³-hybridized carbons (Fsp3) is 0.857. The van der Waals surface area contributed by atoms with E-state index in [0.717, 1.165) is 52.0 Å². The molecule has 0 aromatic carbocycles. The molecule has 0 radical (unpaired) electrons. The van der Waals surface area contributed by atoms with E-state index in [1.807, 2.05) is 9.80 Å². The van der Waals surface area contributed by atoms with Crippen molar-refractivity contribution in [3.8, 4) is 0 Å². The van der Waals surface area contributed by atoms with Crippen molar-refractivity contribution in [1.82, 2.24) is 14.7 Å². The normalized spacial score (nSPS) is 26.2. The Morgan fingerprint density at radius 3 is 2.65 bits per heavy atom. The SMILES string of the molecule is CN1CCCN(C(=O)[C@H]2CCCN(CC(N)=O)C2)CC1. The van der Waals surface area contributed by atoms with Crippen molar-refractivity contribution in [2.45, 2.75) is 19.3 Å². The number of hydrogen-bond acceptors (Lipinski definition) is 4. The molecule has 2 aliphatic heterocycles. The molecule has 0 spiro atoms. The number of hydrogen-bond donors (Lipinski definition) is 1. The zero-order chi connectivity index (χ0) is 14.5. The van der Waals surface area contributed by atoms with Crippen LogP contribution in [0.3, 0.4) is 0 Å². The molecule has 2 heterocycles. The summed E-state index contributed by atoms with van der Waals surface area (Å²) >= 11 is 0. The number of amides is 2. The van der Waals surface area contributed by atoms with Gasteiger partial charge in [0, 0.05) is 26.2 Å². The van der Waals surface area contributed by atoms with Crippen molar-refractivity contribution in [1.29, 1.82) is 0 Å². The van der Waals surface area contributed by atoms with Crippen LogP contribution in [0.15, 0.2) is 0 Å². The summed E-state index contributed by atoms with van der Waals surface area (Å²) in [5.74, 6) is -0.0181. The molecule has 20 heavy (non-hydrogen) atoms. The molecule has 0 aliphatic carbocycles. The highest BCUT2D eigenvalue weighted by Crippen LogP contribution is 2.19. The van der Waals surface area contributed by atoms with Gasteiger partial charge in [0.05, 0.1) is 12.5 Å². The zero-order valence-electron chi connectivity index (χ0n) is 12.4. The van der Waals surface area contributed by atoms with Crippen molar-refractivity contribution >= 4 is 11.8 Å². The quantitative estimate of drug-likeness (QED) is 0.747. The number of likely N-dealkylation sites (N-methyl/N-ethyl adjacent to an activating group) is 1. The number of likely N-dealkylation sites (tertiary alicyclic amines) is 1. The van der Waals surface area contributed by atoms with Crippen LogP contribution >= 0.6 is 0 Å². The van der Waals surface area contributed by atoms with Crippen LogP contribution in [0.5, 0.6) is 0 Å². The zero-order valence-corrected chi connectivity index (χ0v) is 12.4. The second-order valence-corrected chi connectivity index (χ2v) is 6.02. The molecule has 0 aromatic heterocycles. The largest absolute Gasteiger partial charge is 0.369 e. The monoisotopic (exact) mass is 282 g/mol. The van der Waals surface area contributed by atoms with Gasteiger partial charge in [0.25, 0.3) is 0 Å². The van der Waals surface area contributed by atoms with Crippen LogP contribution < -0.4 is 5.73 Å². The van der Waals surface area contributed by atoms with Crippen molar-refractivity contribution in [3.05, 3.63) is 0 Å². The minimum absolute atomic E-state index is 0.0338. The maximum Gasteiger partial charge on any atom is 0.231 e. The molecule has 2 aliphatic rings. The Labute approximate surface area is 120 Å². The van der Waals surface area contributed by atoms with E-state index < -0.39 is 0 Å². The van der Waals surface area contributed by atoms with E-state index in [1.54, 1.807) is 0 Å². The topological polar surface area (TPSA) is 69.9 Å². The Morgan fingerprint density at radius 1 is 1.10 bits per heavy atom. The van der Waals surface area contributed by atoms with Crippen molar-refractivity contribution in [2.24, 2.45) is 11.7 Å². The van der Waals surface area contributed by atoms with Gasteiger partial charge in [-0.1, -0.05) is 0 Å². The van der Waals surface area contributed by atoms with E-state index in [9.17, 15) is 9.59 Å². The first kappa shape index (κ1) is 15.3. The summed E-state index contributed by atoms with van der Waals surface area (Å²) in [6.45, 7) is 5.50. The van der Waals surface area contributed by atoms with Gasteiger partial charge in [-0.05, 0) is 39.4 Å². The van der Waals surface area contributed by atoms with Crippen molar-refractivity contribution < 1.29 is 9.59 Å². The van der Waals surface area contributed by atoms with Crippen LogP contribution in [-0.2, 0) is 9.59 Å². The van der Waals surface area contributed by atoms with Gasteiger partial charge < -0.3 is 15.5 Å². The summed E-state index contributed by atoms with van der Waals surface area (Å²) in [6, 6.07) is 0. The molecular formula is C14H26N4O2. The van der Waals surface area contributed by atoms with Crippen LogP contribution in [-0.4, -0.2) is 79.4 Å². The molecule has 0 unspecified atom stereocenters. The third kappa shape index (κ3) is 4.18. The first-order valence-electron chi connectivity index (χ1n) is 7.54. The number of carbonyl (C=O) groups is 2. The van der Waals surface area contributed by atoms with Gasteiger partial charge in [-0.2, -0.15) is 0 Å². The molecular weight excluding hydrogens is 256 g/mol. The average Bonchev–Trinajstić information content (AvgIpc) is 2.62. The molecule has 6 nitrogen and oxygen atoms in total. The Balaban J connectivity index is 1.89. The number of nitrogens with two attached hydrogens (primary N) is 1. The van der Waals surface area contributed by atoms with Crippen molar-refractivity contribution in [3.63, 3.8) is 0 Å². The van der Waals surface area contributed by atoms with Gasteiger partial charge in [-0.25, -0.2) is 0 Å². The van der Waals surface area contributed by atoms with Gasteiger partial charge in [0.15, 0.2) is 0 Å². The average molecular weight is 282 g/mol. The van der Waals surface area contributed by atoms with E-state index >= 15 is 0 Å². The van der Waals surface area contributed by atoms with Gasteiger partial charge in [-0.3, -0.25) is 14.5 Å². The molecule has 0 bridgehead atoms. The molecule has 6 heteroatoms. The third-order valence-corrected chi connectivity index (χ3v) is 4.27. The van der Waals surface area contributed by atoms with Gasteiger partial charge in [0.2, 0.25) is 11.8 Å². The van der Waals surface area contributed by atoms with Crippen LogP contribution in [0.4, 0.5) is 0 Å². The summed E-state index contributed by atoms with van der Waals surface area (Å²) in [6.07, 6.45) is 2.94. The van der Waals surface area contributed by atoms with Gasteiger partial charge >= 0.3 is 0 Å². The number of nitrogens with zero attached hydrogens (tertiary/aromatic N) is 3. The fourth-order valence-corrected chi connectivity index (χ4v) is 3.15. The van der Waals surface area contributed by atoms with E-state index in [1.165, 1.54) is 0 Å². The third-order valence-electron chi connectivity index (χ3n) is 4.27. The predicted molar refractivity (Wildman–Crippen MR) is 77.1 cm³/mol. The second kappa shape index (κ2) is 7.04. The lowest BCUT2D eigenvalue weighted by molar-refractivity contribution is -0.137. The molecule has 2 N–H and O–H groups in total. The molecule has 2 fully saturated rings.